The van der Waals surface area contributed by atoms with E-state index in [9.17, 15) is 9.59 Å². The van der Waals surface area contributed by atoms with E-state index in [0.29, 0.717) is 31.6 Å². The highest BCUT2D eigenvalue weighted by atomic mass is 16.2. The molecule has 1 N–H and O–H groups in total. The van der Waals surface area contributed by atoms with Crippen molar-refractivity contribution in [1.29, 1.82) is 0 Å². The molecule has 1 fully saturated rings. The van der Waals surface area contributed by atoms with Crippen molar-refractivity contribution in [2.24, 2.45) is 5.41 Å². The van der Waals surface area contributed by atoms with Crippen molar-refractivity contribution in [3.63, 3.8) is 0 Å². The fourth-order valence-corrected chi connectivity index (χ4v) is 4.36. The molecule has 2 aromatic carbocycles. The topological polar surface area (TPSA) is 62.3 Å². The van der Waals surface area contributed by atoms with Crippen LogP contribution in [0.25, 0.3) is 11.1 Å². The van der Waals surface area contributed by atoms with Crippen molar-refractivity contribution in [2.45, 2.75) is 32.7 Å². The van der Waals surface area contributed by atoms with Gasteiger partial charge in [-0.1, -0.05) is 60.7 Å². The molecule has 1 aliphatic rings. The van der Waals surface area contributed by atoms with E-state index in [2.05, 4.69) is 46.7 Å². The quantitative estimate of drug-likeness (QED) is 0.636. The van der Waals surface area contributed by atoms with E-state index in [1.807, 2.05) is 38.1 Å². The molecule has 3 aromatic rings. The Morgan fingerprint density at radius 3 is 2.31 bits per heavy atom. The number of benzene rings is 2. The third kappa shape index (κ3) is 4.72. The summed E-state index contributed by atoms with van der Waals surface area (Å²) in [4.78, 5) is 32.2. The van der Waals surface area contributed by atoms with Gasteiger partial charge in [-0.25, -0.2) is 0 Å². The minimum Gasteiger partial charge on any atom is -0.353 e. The second-order valence-corrected chi connectivity index (χ2v) is 8.84. The summed E-state index contributed by atoms with van der Waals surface area (Å²) in [5.41, 5.74) is 3.17. The lowest BCUT2D eigenvalue weighted by molar-refractivity contribution is -0.130. The predicted octanol–water partition coefficient (Wildman–Crippen LogP) is 4.35. The molecule has 5 nitrogen and oxygen atoms in total. The number of amides is 2. The maximum Gasteiger partial charge on any atom is 0.272 e. The molecule has 0 radical (unpaired) electrons. The Hall–Kier alpha value is -3.47. The monoisotopic (exact) mass is 427 g/mol. The summed E-state index contributed by atoms with van der Waals surface area (Å²) in [7, 11) is 0. The zero-order chi connectivity index (χ0) is 22.6. The van der Waals surface area contributed by atoms with Gasteiger partial charge in [-0.05, 0) is 55.5 Å². The van der Waals surface area contributed by atoms with Crippen LogP contribution < -0.4 is 5.32 Å². The summed E-state index contributed by atoms with van der Waals surface area (Å²) in [5.74, 6) is -0.111. The van der Waals surface area contributed by atoms with Crippen molar-refractivity contribution in [1.82, 2.24) is 15.2 Å². The van der Waals surface area contributed by atoms with Gasteiger partial charge in [0.05, 0.1) is 5.41 Å². The van der Waals surface area contributed by atoms with Crippen LogP contribution >= 0.6 is 0 Å². The summed E-state index contributed by atoms with van der Waals surface area (Å²) in [5, 5.41) is 3.09. The first-order chi connectivity index (χ1) is 15.5. The van der Waals surface area contributed by atoms with Gasteiger partial charge >= 0.3 is 0 Å². The second-order valence-electron chi connectivity index (χ2n) is 8.84. The lowest BCUT2D eigenvalue weighted by Gasteiger charge is -2.29. The molecule has 2 amide bonds. The Morgan fingerprint density at radius 1 is 0.969 bits per heavy atom. The van der Waals surface area contributed by atoms with Gasteiger partial charge in [0.2, 0.25) is 5.91 Å². The van der Waals surface area contributed by atoms with Crippen LogP contribution in [0.4, 0.5) is 0 Å². The van der Waals surface area contributed by atoms with E-state index in [0.717, 1.165) is 11.1 Å². The number of rotatable bonds is 6. The second kappa shape index (κ2) is 9.35. The standard InChI is InChI=1S/C27H29N3O2/c1-20(2)29-26(32)27(15-17-30(19-27)25(31)24-10-6-7-16-28-24)18-21-11-13-23(14-12-21)22-8-4-3-5-9-22/h3-14,16,20H,15,17-19H2,1-2H3,(H,29,32). The highest BCUT2D eigenvalue weighted by Gasteiger charge is 2.46. The number of hydrogen-bond acceptors (Lipinski definition) is 3. The van der Waals surface area contributed by atoms with Crippen molar-refractivity contribution >= 4 is 11.8 Å². The van der Waals surface area contributed by atoms with Crippen LogP contribution in [0.15, 0.2) is 79.0 Å². The van der Waals surface area contributed by atoms with Crippen LogP contribution in [0.5, 0.6) is 0 Å². The van der Waals surface area contributed by atoms with Gasteiger partial charge in [-0.3, -0.25) is 14.6 Å². The van der Waals surface area contributed by atoms with Crippen LogP contribution in [0.2, 0.25) is 0 Å². The van der Waals surface area contributed by atoms with Crippen LogP contribution in [0, 0.1) is 5.41 Å². The van der Waals surface area contributed by atoms with Crippen molar-refractivity contribution in [2.75, 3.05) is 13.1 Å². The molecule has 164 valence electrons. The molecular weight excluding hydrogens is 398 g/mol. The average Bonchev–Trinajstić information content (AvgIpc) is 3.25. The van der Waals surface area contributed by atoms with Gasteiger partial charge in [0.1, 0.15) is 5.69 Å². The average molecular weight is 428 g/mol. The molecule has 0 aliphatic carbocycles. The minimum absolute atomic E-state index is 0.0101. The highest BCUT2D eigenvalue weighted by molar-refractivity contribution is 5.93. The van der Waals surface area contributed by atoms with Crippen molar-refractivity contribution < 1.29 is 9.59 Å². The van der Waals surface area contributed by atoms with E-state index in [1.54, 1.807) is 23.2 Å². The van der Waals surface area contributed by atoms with E-state index in [4.69, 9.17) is 0 Å². The first-order valence-electron chi connectivity index (χ1n) is 11.1. The first-order valence-corrected chi connectivity index (χ1v) is 11.1. The molecule has 1 saturated heterocycles. The number of nitrogens with zero attached hydrogens (tertiary/aromatic N) is 2. The van der Waals surface area contributed by atoms with Gasteiger partial charge in [0.25, 0.3) is 5.91 Å². The summed E-state index contributed by atoms with van der Waals surface area (Å²) >= 11 is 0. The molecule has 0 bridgehead atoms. The molecule has 1 aliphatic heterocycles. The fourth-order valence-electron chi connectivity index (χ4n) is 4.36. The largest absolute Gasteiger partial charge is 0.353 e. The Balaban J connectivity index is 1.56. The number of carbonyl (C=O) groups is 2. The Bertz CT molecular complexity index is 1070. The lowest BCUT2D eigenvalue weighted by atomic mass is 9.79. The molecule has 1 unspecified atom stereocenters. The minimum atomic E-state index is -0.650. The maximum atomic E-state index is 13.3. The van der Waals surface area contributed by atoms with E-state index >= 15 is 0 Å². The van der Waals surface area contributed by atoms with Gasteiger partial charge < -0.3 is 10.2 Å². The number of nitrogens with one attached hydrogen (secondary N) is 1. The van der Waals surface area contributed by atoms with E-state index in [1.165, 1.54) is 5.56 Å². The number of likely N-dealkylation sites (tertiary alicyclic amines) is 1. The van der Waals surface area contributed by atoms with Gasteiger partial charge in [-0.2, -0.15) is 0 Å². The Morgan fingerprint density at radius 2 is 1.66 bits per heavy atom. The smallest absolute Gasteiger partial charge is 0.272 e. The Labute approximate surface area is 189 Å². The zero-order valence-electron chi connectivity index (χ0n) is 18.6. The highest BCUT2D eigenvalue weighted by Crippen LogP contribution is 2.36. The van der Waals surface area contributed by atoms with Crippen molar-refractivity contribution in [3.05, 3.63) is 90.3 Å². The zero-order valence-corrected chi connectivity index (χ0v) is 18.6. The third-order valence-electron chi connectivity index (χ3n) is 6.03. The summed E-state index contributed by atoms with van der Waals surface area (Å²) in [6.07, 6.45) is 2.84. The summed E-state index contributed by atoms with van der Waals surface area (Å²) in [6, 6.07) is 24.0. The van der Waals surface area contributed by atoms with Crippen LogP contribution in [0.3, 0.4) is 0 Å². The van der Waals surface area contributed by atoms with Crippen LogP contribution in [0.1, 0.15) is 36.3 Å². The first kappa shape index (κ1) is 21.8. The van der Waals surface area contributed by atoms with E-state index < -0.39 is 5.41 Å². The van der Waals surface area contributed by atoms with Crippen molar-refractivity contribution in [3.8, 4) is 11.1 Å². The normalized spacial score (nSPS) is 18.0. The Kier molecular flexibility index (Phi) is 6.35. The maximum absolute atomic E-state index is 13.3. The van der Waals surface area contributed by atoms with Gasteiger partial charge in [0, 0.05) is 25.3 Å². The van der Waals surface area contributed by atoms with Gasteiger partial charge in [-0.15, -0.1) is 0 Å². The third-order valence-corrected chi connectivity index (χ3v) is 6.03. The number of aromatic nitrogens is 1. The molecule has 32 heavy (non-hydrogen) atoms. The van der Waals surface area contributed by atoms with E-state index in [-0.39, 0.29) is 17.9 Å². The number of hydrogen-bond donors (Lipinski definition) is 1. The molecule has 2 heterocycles. The lowest BCUT2D eigenvalue weighted by Crippen LogP contribution is -2.47. The molecule has 5 heteroatoms. The molecule has 4 rings (SSSR count). The molecule has 0 spiro atoms. The molecular formula is C27H29N3O2. The molecule has 1 aromatic heterocycles. The molecule has 0 saturated carbocycles. The van der Waals surface area contributed by atoms with Gasteiger partial charge in [0.15, 0.2) is 0 Å². The molecule has 1 atom stereocenters. The predicted molar refractivity (Wildman–Crippen MR) is 126 cm³/mol. The van der Waals surface area contributed by atoms with Crippen LogP contribution in [-0.4, -0.2) is 40.8 Å². The number of pyridine rings is 1. The fraction of sp³-hybridized carbons (Fsp3) is 0.296. The number of carbonyl (C=O) groups excluding carboxylic acids is 2. The summed E-state index contributed by atoms with van der Waals surface area (Å²) < 4.78 is 0. The SMILES string of the molecule is CC(C)NC(=O)C1(Cc2ccc(-c3ccccc3)cc2)CCN(C(=O)c2ccccn2)C1. The van der Waals surface area contributed by atoms with Crippen LogP contribution in [-0.2, 0) is 11.2 Å². The summed E-state index contributed by atoms with van der Waals surface area (Å²) in [6.45, 7) is 4.86.